The van der Waals surface area contributed by atoms with Crippen LogP contribution >= 0.6 is 11.6 Å². The number of halogens is 1. The van der Waals surface area contributed by atoms with E-state index < -0.39 is 16.0 Å². The lowest BCUT2D eigenvalue weighted by Gasteiger charge is -2.26. The summed E-state index contributed by atoms with van der Waals surface area (Å²) in [5.41, 5.74) is 0.106. The van der Waals surface area contributed by atoms with Crippen LogP contribution in [0.25, 0.3) is 0 Å². The fraction of sp³-hybridized carbons (Fsp3) is 0.350. The highest BCUT2D eigenvalue weighted by Crippen LogP contribution is 2.28. The number of benzene rings is 2. The number of carbonyl (C=O) groups is 1. The first-order valence-electron chi connectivity index (χ1n) is 9.23. The summed E-state index contributed by atoms with van der Waals surface area (Å²) < 4.78 is 48.4. The van der Waals surface area contributed by atoms with Crippen LogP contribution in [-0.2, 0) is 19.5 Å². The largest absolute Gasteiger partial charge is 0.495 e. The smallest absolute Gasteiger partial charge is 0.338 e. The van der Waals surface area contributed by atoms with Crippen molar-refractivity contribution in [2.24, 2.45) is 0 Å². The molecule has 0 unspecified atom stereocenters. The standard InChI is InChI=1S/C20H22ClNO7S/c1-26-18-7-2-15(14-19(18)30(24,25)22-8-10-27-11-9-22)20(23)29-13-12-28-17-5-3-16(21)4-6-17/h2-7,14H,8-13H2,1H3. The van der Waals surface area contributed by atoms with Crippen LogP contribution in [0.1, 0.15) is 10.4 Å². The van der Waals surface area contributed by atoms with Crippen LogP contribution in [-0.4, -0.2) is 65.3 Å². The van der Waals surface area contributed by atoms with Gasteiger partial charge in [-0.25, -0.2) is 13.2 Å². The Kier molecular flexibility index (Phi) is 7.54. The van der Waals surface area contributed by atoms with Crippen molar-refractivity contribution in [2.45, 2.75) is 4.90 Å². The van der Waals surface area contributed by atoms with Gasteiger partial charge in [0.15, 0.2) is 0 Å². The maximum Gasteiger partial charge on any atom is 0.338 e. The molecule has 1 aliphatic rings. The molecule has 2 aromatic rings. The van der Waals surface area contributed by atoms with Gasteiger partial charge in [0.05, 0.1) is 25.9 Å². The second-order valence-electron chi connectivity index (χ2n) is 6.32. The minimum atomic E-state index is -3.84. The molecule has 0 aliphatic carbocycles. The molecule has 1 fully saturated rings. The van der Waals surface area contributed by atoms with Gasteiger partial charge in [0.2, 0.25) is 10.0 Å². The average molecular weight is 456 g/mol. The van der Waals surface area contributed by atoms with Gasteiger partial charge in [-0.1, -0.05) is 11.6 Å². The number of rotatable bonds is 8. The SMILES string of the molecule is COc1ccc(C(=O)OCCOc2ccc(Cl)cc2)cc1S(=O)(=O)N1CCOCC1. The lowest BCUT2D eigenvalue weighted by molar-refractivity contribution is 0.0450. The Bertz CT molecular complexity index is 973. The highest BCUT2D eigenvalue weighted by Gasteiger charge is 2.30. The van der Waals surface area contributed by atoms with Gasteiger partial charge in [-0.15, -0.1) is 0 Å². The van der Waals surface area contributed by atoms with E-state index in [0.717, 1.165) is 0 Å². The van der Waals surface area contributed by atoms with Gasteiger partial charge in [-0.05, 0) is 42.5 Å². The number of carbonyl (C=O) groups excluding carboxylic acids is 1. The van der Waals surface area contributed by atoms with Crippen LogP contribution in [0.15, 0.2) is 47.4 Å². The lowest BCUT2D eigenvalue weighted by Crippen LogP contribution is -2.40. The van der Waals surface area contributed by atoms with Gasteiger partial charge in [0.25, 0.3) is 0 Å². The highest BCUT2D eigenvalue weighted by molar-refractivity contribution is 7.89. The van der Waals surface area contributed by atoms with Crippen molar-refractivity contribution in [3.63, 3.8) is 0 Å². The second kappa shape index (κ2) is 10.1. The first-order valence-corrected chi connectivity index (χ1v) is 11.0. The molecule has 162 valence electrons. The molecule has 0 saturated carbocycles. The fourth-order valence-electron chi connectivity index (χ4n) is 2.84. The molecule has 2 aromatic carbocycles. The molecule has 0 amide bonds. The van der Waals surface area contributed by atoms with Crippen LogP contribution in [0, 0.1) is 0 Å². The normalized spacial score (nSPS) is 14.9. The van der Waals surface area contributed by atoms with E-state index in [2.05, 4.69) is 0 Å². The number of nitrogens with zero attached hydrogens (tertiary/aromatic N) is 1. The summed E-state index contributed by atoms with van der Waals surface area (Å²) in [7, 11) is -2.47. The van der Waals surface area contributed by atoms with Gasteiger partial charge in [-0.3, -0.25) is 0 Å². The van der Waals surface area contributed by atoms with Crippen molar-refractivity contribution in [3.8, 4) is 11.5 Å². The average Bonchev–Trinajstić information content (AvgIpc) is 2.78. The monoisotopic (exact) mass is 455 g/mol. The zero-order valence-corrected chi connectivity index (χ0v) is 17.9. The zero-order valence-electron chi connectivity index (χ0n) is 16.4. The maximum atomic E-state index is 13.0. The Labute approximate surface area is 180 Å². The topological polar surface area (TPSA) is 91.4 Å². The summed E-state index contributed by atoms with van der Waals surface area (Å²) in [5, 5.41) is 0.594. The quantitative estimate of drug-likeness (QED) is 0.446. The van der Waals surface area contributed by atoms with Crippen LogP contribution in [0.3, 0.4) is 0 Å². The van der Waals surface area contributed by atoms with Gasteiger partial charge in [0, 0.05) is 18.1 Å². The van der Waals surface area contributed by atoms with Gasteiger partial charge >= 0.3 is 5.97 Å². The summed E-state index contributed by atoms with van der Waals surface area (Å²) in [6.45, 7) is 1.25. The molecule has 30 heavy (non-hydrogen) atoms. The summed E-state index contributed by atoms with van der Waals surface area (Å²) >= 11 is 5.81. The van der Waals surface area contributed by atoms with Crippen LogP contribution in [0.2, 0.25) is 5.02 Å². The fourth-order valence-corrected chi connectivity index (χ4v) is 4.55. The Hall–Kier alpha value is -2.33. The third-order valence-corrected chi connectivity index (χ3v) is 6.56. The van der Waals surface area contributed by atoms with Crippen molar-refractivity contribution >= 4 is 27.6 Å². The first kappa shape index (κ1) is 22.4. The number of esters is 1. The van der Waals surface area contributed by atoms with E-state index >= 15 is 0 Å². The number of hydrogen-bond donors (Lipinski definition) is 0. The predicted octanol–water partition coefficient (Wildman–Crippen LogP) is 2.61. The third-order valence-electron chi connectivity index (χ3n) is 4.39. The molecule has 10 heteroatoms. The number of methoxy groups -OCH3 is 1. The van der Waals surface area contributed by atoms with Crippen LogP contribution < -0.4 is 9.47 Å². The number of hydrogen-bond acceptors (Lipinski definition) is 7. The van der Waals surface area contributed by atoms with Crippen LogP contribution in [0.4, 0.5) is 0 Å². The number of sulfonamides is 1. The van der Waals surface area contributed by atoms with Crippen LogP contribution in [0.5, 0.6) is 11.5 Å². The molecule has 1 heterocycles. The van der Waals surface area contributed by atoms with Crippen molar-refractivity contribution in [1.82, 2.24) is 4.31 Å². The van der Waals surface area contributed by atoms with Crippen molar-refractivity contribution in [3.05, 3.63) is 53.1 Å². The maximum absolute atomic E-state index is 13.0. The highest BCUT2D eigenvalue weighted by atomic mass is 35.5. The minimum absolute atomic E-state index is 0.000956. The molecule has 0 atom stereocenters. The summed E-state index contributed by atoms with van der Waals surface area (Å²) in [5.74, 6) is 0.0960. The zero-order chi connectivity index (χ0) is 21.6. The molecular weight excluding hydrogens is 434 g/mol. The summed E-state index contributed by atoms with van der Waals surface area (Å²) in [6, 6.07) is 11.0. The molecule has 1 saturated heterocycles. The van der Waals surface area contributed by atoms with E-state index in [1.54, 1.807) is 24.3 Å². The Morgan fingerprint density at radius 2 is 1.80 bits per heavy atom. The Morgan fingerprint density at radius 1 is 1.10 bits per heavy atom. The number of morpholine rings is 1. The molecule has 0 spiro atoms. The molecular formula is C20H22ClNO7S. The third kappa shape index (κ3) is 5.42. The van der Waals surface area contributed by atoms with E-state index in [1.165, 1.54) is 29.6 Å². The molecule has 0 N–H and O–H groups in total. The van der Waals surface area contributed by atoms with Gasteiger partial charge in [-0.2, -0.15) is 4.31 Å². The van der Waals surface area contributed by atoms with Crippen molar-refractivity contribution in [2.75, 3.05) is 46.6 Å². The molecule has 8 nitrogen and oxygen atoms in total. The Balaban J connectivity index is 1.66. The van der Waals surface area contributed by atoms with E-state index in [9.17, 15) is 13.2 Å². The molecule has 1 aliphatic heterocycles. The van der Waals surface area contributed by atoms with Gasteiger partial charge in [0.1, 0.15) is 29.6 Å². The number of ether oxygens (including phenoxy) is 4. The van der Waals surface area contributed by atoms with E-state index in [4.69, 9.17) is 30.5 Å². The van der Waals surface area contributed by atoms with E-state index in [0.29, 0.717) is 24.0 Å². The van der Waals surface area contributed by atoms with Crippen molar-refractivity contribution < 1.29 is 32.2 Å². The molecule has 3 rings (SSSR count). The second-order valence-corrected chi connectivity index (χ2v) is 8.66. The summed E-state index contributed by atoms with van der Waals surface area (Å²) in [6.07, 6.45) is 0. The Morgan fingerprint density at radius 3 is 2.47 bits per heavy atom. The van der Waals surface area contributed by atoms with E-state index in [-0.39, 0.29) is 42.5 Å². The summed E-state index contributed by atoms with van der Waals surface area (Å²) in [4.78, 5) is 12.3. The lowest BCUT2D eigenvalue weighted by atomic mass is 10.2. The predicted molar refractivity (Wildman–Crippen MR) is 110 cm³/mol. The van der Waals surface area contributed by atoms with Gasteiger partial charge < -0.3 is 18.9 Å². The first-order chi connectivity index (χ1) is 14.4. The molecule has 0 radical (unpaired) electrons. The molecule has 0 bridgehead atoms. The van der Waals surface area contributed by atoms with E-state index in [1.807, 2.05) is 0 Å². The van der Waals surface area contributed by atoms with Crippen molar-refractivity contribution in [1.29, 1.82) is 0 Å². The minimum Gasteiger partial charge on any atom is -0.495 e. The molecule has 0 aromatic heterocycles.